The molecule has 0 amide bonds. The molecule has 0 saturated heterocycles. The van der Waals surface area contributed by atoms with E-state index in [0.717, 1.165) is 12.2 Å². The van der Waals surface area contributed by atoms with Crippen molar-refractivity contribution in [2.24, 2.45) is 0 Å². The van der Waals surface area contributed by atoms with E-state index in [2.05, 4.69) is 60.5 Å². The predicted octanol–water partition coefficient (Wildman–Crippen LogP) is 3.00. The summed E-state index contributed by atoms with van der Waals surface area (Å²) in [5.74, 6) is 0. The number of hydrogen-bond acceptors (Lipinski definition) is 2. The number of nitrogens with zero attached hydrogens (tertiary/aromatic N) is 1. The highest BCUT2D eigenvalue weighted by atomic mass is 15.1. The van der Waals surface area contributed by atoms with Gasteiger partial charge in [0, 0.05) is 44.4 Å². The monoisotopic (exact) mass is 229 g/mol. The summed E-state index contributed by atoms with van der Waals surface area (Å²) in [5.41, 5.74) is 4.96. The Balaban J connectivity index is 2.09. The average Bonchev–Trinajstić information content (AvgIpc) is 2.80. The van der Waals surface area contributed by atoms with Gasteiger partial charge in [0.1, 0.15) is 0 Å². The van der Waals surface area contributed by atoms with Crippen LogP contribution in [0.3, 0.4) is 0 Å². The summed E-state index contributed by atoms with van der Waals surface area (Å²) in [6, 6.07) is 8.53. The first-order valence-corrected chi connectivity index (χ1v) is 5.80. The molecule has 0 aliphatic carbocycles. The summed E-state index contributed by atoms with van der Waals surface area (Å²) in [7, 11) is 4.14. The van der Waals surface area contributed by atoms with E-state index in [4.69, 9.17) is 0 Å². The van der Waals surface area contributed by atoms with Crippen LogP contribution in [-0.4, -0.2) is 19.1 Å². The third-order valence-electron chi connectivity index (χ3n) is 2.85. The second-order valence-corrected chi connectivity index (χ2v) is 4.47. The van der Waals surface area contributed by atoms with Crippen molar-refractivity contribution < 1.29 is 0 Å². The van der Waals surface area contributed by atoms with Crippen molar-refractivity contribution in [3.8, 4) is 0 Å². The third kappa shape index (κ3) is 2.81. The largest absolute Gasteiger partial charge is 0.381 e. The number of aromatic nitrogens is 1. The number of rotatable bonds is 4. The van der Waals surface area contributed by atoms with Crippen LogP contribution in [0.1, 0.15) is 11.1 Å². The van der Waals surface area contributed by atoms with Gasteiger partial charge in [0.05, 0.1) is 0 Å². The van der Waals surface area contributed by atoms with Crippen molar-refractivity contribution in [1.82, 2.24) is 4.98 Å². The number of aryl methyl sites for hydroxylation is 1. The lowest BCUT2D eigenvalue weighted by atomic mass is 10.1. The lowest BCUT2D eigenvalue weighted by molar-refractivity contribution is 1.10. The molecule has 0 bridgehead atoms. The van der Waals surface area contributed by atoms with Crippen molar-refractivity contribution >= 4 is 11.4 Å². The van der Waals surface area contributed by atoms with E-state index in [-0.39, 0.29) is 0 Å². The molecule has 3 nitrogen and oxygen atoms in total. The van der Waals surface area contributed by atoms with Gasteiger partial charge in [-0.3, -0.25) is 0 Å². The fourth-order valence-electron chi connectivity index (χ4n) is 1.87. The summed E-state index contributed by atoms with van der Waals surface area (Å²) in [4.78, 5) is 5.19. The van der Waals surface area contributed by atoms with Gasteiger partial charge in [-0.15, -0.1) is 0 Å². The minimum atomic E-state index is 0.847. The maximum Gasteiger partial charge on any atom is 0.0415 e. The molecule has 1 aromatic heterocycles. The fraction of sp³-hybridized carbons (Fsp3) is 0.286. The van der Waals surface area contributed by atoms with Crippen molar-refractivity contribution in [3.63, 3.8) is 0 Å². The Morgan fingerprint density at radius 1 is 1.24 bits per heavy atom. The molecule has 0 atom stereocenters. The van der Waals surface area contributed by atoms with Gasteiger partial charge in [0.2, 0.25) is 0 Å². The van der Waals surface area contributed by atoms with Crippen LogP contribution in [0.15, 0.2) is 36.7 Å². The quantitative estimate of drug-likeness (QED) is 0.844. The molecule has 1 heterocycles. The predicted molar refractivity (Wildman–Crippen MR) is 73.6 cm³/mol. The highest BCUT2D eigenvalue weighted by molar-refractivity contribution is 5.61. The summed E-state index contributed by atoms with van der Waals surface area (Å²) in [6.45, 7) is 2.98. The molecule has 3 heteroatoms. The Hall–Kier alpha value is -1.90. The zero-order valence-corrected chi connectivity index (χ0v) is 10.6. The number of hydrogen-bond donors (Lipinski definition) is 2. The third-order valence-corrected chi connectivity index (χ3v) is 2.85. The van der Waals surface area contributed by atoms with E-state index in [1.807, 2.05) is 12.4 Å². The van der Waals surface area contributed by atoms with Gasteiger partial charge < -0.3 is 15.2 Å². The molecular formula is C14H19N3. The van der Waals surface area contributed by atoms with Gasteiger partial charge >= 0.3 is 0 Å². The number of anilines is 2. The lowest BCUT2D eigenvalue weighted by Crippen LogP contribution is -2.10. The maximum absolute atomic E-state index is 3.42. The van der Waals surface area contributed by atoms with E-state index in [1.54, 1.807) is 0 Å². The van der Waals surface area contributed by atoms with Crippen LogP contribution in [-0.2, 0) is 6.54 Å². The van der Waals surface area contributed by atoms with E-state index in [1.165, 1.54) is 16.8 Å². The molecule has 0 aliphatic rings. The summed E-state index contributed by atoms with van der Waals surface area (Å²) in [5, 5.41) is 3.42. The van der Waals surface area contributed by atoms with E-state index < -0.39 is 0 Å². The summed E-state index contributed by atoms with van der Waals surface area (Å²) < 4.78 is 0. The topological polar surface area (TPSA) is 31.1 Å². The Labute approximate surface area is 102 Å². The molecule has 0 aliphatic heterocycles. The summed E-state index contributed by atoms with van der Waals surface area (Å²) >= 11 is 0. The molecule has 17 heavy (non-hydrogen) atoms. The first kappa shape index (κ1) is 11.6. The normalized spacial score (nSPS) is 10.3. The Morgan fingerprint density at radius 2 is 2.06 bits per heavy atom. The van der Waals surface area contributed by atoms with Gasteiger partial charge in [-0.25, -0.2) is 0 Å². The molecule has 0 saturated carbocycles. The highest BCUT2D eigenvalue weighted by Gasteiger charge is 2.02. The molecule has 1 aromatic carbocycles. The van der Waals surface area contributed by atoms with Crippen molar-refractivity contribution in [1.29, 1.82) is 0 Å². The van der Waals surface area contributed by atoms with Crippen molar-refractivity contribution in [2.75, 3.05) is 24.3 Å². The average molecular weight is 229 g/mol. The number of nitrogens with one attached hydrogen (secondary N) is 2. The van der Waals surface area contributed by atoms with Crippen molar-refractivity contribution in [2.45, 2.75) is 13.5 Å². The van der Waals surface area contributed by atoms with Gasteiger partial charge in [0.25, 0.3) is 0 Å². The lowest BCUT2D eigenvalue weighted by Gasteiger charge is -2.17. The Kier molecular flexibility index (Phi) is 3.38. The zero-order chi connectivity index (χ0) is 12.3. The first-order chi connectivity index (χ1) is 8.16. The Bertz CT molecular complexity index is 472. The summed E-state index contributed by atoms with van der Waals surface area (Å²) in [6.07, 6.45) is 3.95. The molecule has 90 valence electrons. The number of H-pyrrole nitrogens is 1. The van der Waals surface area contributed by atoms with E-state index in [9.17, 15) is 0 Å². The molecule has 0 unspecified atom stereocenters. The second-order valence-electron chi connectivity index (χ2n) is 4.47. The van der Waals surface area contributed by atoms with E-state index >= 15 is 0 Å². The van der Waals surface area contributed by atoms with Crippen LogP contribution in [0.4, 0.5) is 11.4 Å². The maximum atomic E-state index is 3.42. The minimum Gasteiger partial charge on any atom is -0.381 e. The molecule has 2 aromatic rings. The smallest absolute Gasteiger partial charge is 0.0415 e. The molecule has 2 N–H and O–H groups in total. The van der Waals surface area contributed by atoms with Gasteiger partial charge in [-0.1, -0.05) is 6.07 Å². The van der Waals surface area contributed by atoms with Gasteiger partial charge in [-0.2, -0.15) is 0 Å². The van der Waals surface area contributed by atoms with Gasteiger partial charge in [-0.05, 0) is 36.2 Å². The molecule has 0 radical (unpaired) electrons. The molecular weight excluding hydrogens is 210 g/mol. The molecule has 0 spiro atoms. The highest BCUT2D eigenvalue weighted by Crippen LogP contribution is 2.22. The molecule has 2 rings (SSSR count). The zero-order valence-electron chi connectivity index (χ0n) is 10.6. The van der Waals surface area contributed by atoms with Crippen molar-refractivity contribution in [3.05, 3.63) is 47.8 Å². The van der Waals surface area contributed by atoms with Crippen LogP contribution >= 0.6 is 0 Å². The van der Waals surface area contributed by atoms with E-state index in [0.29, 0.717) is 0 Å². The van der Waals surface area contributed by atoms with Crippen LogP contribution in [0.25, 0.3) is 0 Å². The Morgan fingerprint density at radius 3 is 2.71 bits per heavy atom. The number of aromatic amines is 1. The number of benzene rings is 1. The van der Waals surface area contributed by atoms with Crippen LogP contribution < -0.4 is 10.2 Å². The van der Waals surface area contributed by atoms with Crippen LogP contribution in [0.2, 0.25) is 0 Å². The van der Waals surface area contributed by atoms with Gasteiger partial charge in [0.15, 0.2) is 0 Å². The first-order valence-electron chi connectivity index (χ1n) is 5.80. The van der Waals surface area contributed by atoms with Crippen LogP contribution in [0.5, 0.6) is 0 Å². The minimum absolute atomic E-state index is 0.847. The molecule has 0 fully saturated rings. The standard InChI is InChI=1S/C14H19N3/c1-11-4-5-13(8-14(11)17(2)3)16-10-12-6-7-15-9-12/h4-9,15-16H,10H2,1-3H3. The second kappa shape index (κ2) is 4.95. The SMILES string of the molecule is Cc1ccc(NCc2cc[nH]c2)cc1N(C)C. The fourth-order valence-corrected chi connectivity index (χ4v) is 1.87. The van der Waals surface area contributed by atoms with Crippen LogP contribution in [0, 0.1) is 6.92 Å².